The number of para-hydroxylation sites is 1. The molecular weight excluding hydrogens is 224 g/mol. The molecule has 1 aliphatic heterocycles. The van der Waals surface area contributed by atoms with Crippen molar-refractivity contribution in [3.8, 4) is 0 Å². The second kappa shape index (κ2) is 3.57. The van der Waals surface area contributed by atoms with E-state index in [0.29, 0.717) is 6.04 Å². The summed E-state index contributed by atoms with van der Waals surface area (Å²) in [5.41, 5.74) is 2.62. The second-order valence-electron chi connectivity index (χ2n) is 5.26. The van der Waals surface area contributed by atoms with Crippen LogP contribution in [0, 0.1) is 6.92 Å². The molecule has 2 heterocycles. The number of aromatic nitrogens is 3. The first-order valence-electron chi connectivity index (χ1n) is 6.59. The van der Waals surface area contributed by atoms with Crippen LogP contribution in [0.5, 0.6) is 0 Å². The van der Waals surface area contributed by atoms with Gasteiger partial charge in [-0.1, -0.05) is 18.2 Å². The van der Waals surface area contributed by atoms with Crippen LogP contribution in [0.4, 0.5) is 5.69 Å². The van der Waals surface area contributed by atoms with Gasteiger partial charge in [-0.05, 0) is 31.4 Å². The van der Waals surface area contributed by atoms with Gasteiger partial charge in [0.25, 0.3) is 0 Å². The fourth-order valence-corrected chi connectivity index (χ4v) is 2.86. The molecule has 1 saturated carbocycles. The summed E-state index contributed by atoms with van der Waals surface area (Å²) in [6.07, 6.45) is 3.55. The SMILES string of the molecule is Cc1nnc([C@@H]2Cc3ccccc3N2)n1C1CC1. The average Bonchev–Trinajstić information content (AvgIpc) is 3.00. The molecular formula is C14H16N4. The Hall–Kier alpha value is -1.84. The molecule has 0 radical (unpaired) electrons. The summed E-state index contributed by atoms with van der Waals surface area (Å²) in [5, 5.41) is 12.2. The Morgan fingerprint density at radius 3 is 2.83 bits per heavy atom. The molecule has 1 N–H and O–H groups in total. The molecule has 1 aromatic carbocycles. The van der Waals surface area contributed by atoms with Gasteiger partial charge in [0.2, 0.25) is 0 Å². The third-order valence-electron chi connectivity index (χ3n) is 3.89. The Bertz CT molecular complexity index is 573. The van der Waals surface area contributed by atoms with E-state index in [-0.39, 0.29) is 6.04 Å². The summed E-state index contributed by atoms with van der Waals surface area (Å²) in [7, 11) is 0. The molecule has 2 aromatic rings. The molecule has 0 bridgehead atoms. The van der Waals surface area contributed by atoms with Crippen molar-refractivity contribution < 1.29 is 0 Å². The third-order valence-corrected chi connectivity index (χ3v) is 3.89. The quantitative estimate of drug-likeness (QED) is 0.877. The van der Waals surface area contributed by atoms with Crippen molar-refractivity contribution in [2.24, 2.45) is 0 Å². The molecule has 4 heteroatoms. The summed E-state index contributed by atoms with van der Waals surface area (Å²) in [6, 6.07) is 9.42. The van der Waals surface area contributed by atoms with E-state index in [0.717, 1.165) is 18.1 Å². The maximum Gasteiger partial charge on any atom is 0.156 e. The fourth-order valence-electron chi connectivity index (χ4n) is 2.86. The first-order chi connectivity index (χ1) is 8.83. The van der Waals surface area contributed by atoms with Crippen molar-refractivity contribution in [3.05, 3.63) is 41.5 Å². The number of nitrogens with zero attached hydrogens (tertiary/aromatic N) is 3. The highest BCUT2D eigenvalue weighted by atomic mass is 15.3. The Balaban J connectivity index is 1.70. The lowest BCUT2D eigenvalue weighted by atomic mass is 10.1. The number of aryl methyl sites for hydroxylation is 1. The van der Waals surface area contributed by atoms with E-state index in [2.05, 4.69) is 51.3 Å². The smallest absolute Gasteiger partial charge is 0.156 e. The predicted molar refractivity (Wildman–Crippen MR) is 69.5 cm³/mol. The van der Waals surface area contributed by atoms with Gasteiger partial charge in [-0.2, -0.15) is 0 Å². The van der Waals surface area contributed by atoms with Gasteiger partial charge in [-0.15, -0.1) is 10.2 Å². The molecule has 1 aliphatic carbocycles. The molecule has 0 spiro atoms. The number of benzene rings is 1. The van der Waals surface area contributed by atoms with Crippen LogP contribution in [-0.4, -0.2) is 14.8 Å². The summed E-state index contributed by atoms with van der Waals surface area (Å²) < 4.78 is 2.32. The zero-order valence-corrected chi connectivity index (χ0v) is 10.4. The lowest BCUT2D eigenvalue weighted by Gasteiger charge is -2.13. The van der Waals surface area contributed by atoms with E-state index in [1.165, 1.54) is 24.1 Å². The lowest BCUT2D eigenvalue weighted by molar-refractivity contribution is 0.619. The van der Waals surface area contributed by atoms with E-state index in [9.17, 15) is 0 Å². The highest BCUT2D eigenvalue weighted by Crippen LogP contribution is 2.40. The monoisotopic (exact) mass is 240 g/mol. The van der Waals surface area contributed by atoms with Gasteiger partial charge in [-0.25, -0.2) is 0 Å². The molecule has 0 unspecified atom stereocenters. The zero-order chi connectivity index (χ0) is 12.1. The molecule has 0 saturated heterocycles. The number of hydrogen-bond donors (Lipinski definition) is 1. The summed E-state index contributed by atoms with van der Waals surface area (Å²) in [5.74, 6) is 2.15. The normalized spacial score (nSPS) is 21.7. The third kappa shape index (κ3) is 1.45. The van der Waals surface area contributed by atoms with Gasteiger partial charge in [-0.3, -0.25) is 0 Å². The summed E-state index contributed by atoms with van der Waals surface area (Å²) in [4.78, 5) is 0. The van der Waals surface area contributed by atoms with Gasteiger partial charge >= 0.3 is 0 Å². The van der Waals surface area contributed by atoms with Crippen LogP contribution in [-0.2, 0) is 6.42 Å². The Kier molecular flexibility index (Phi) is 2.01. The maximum atomic E-state index is 4.39. The highest BCUT2D eigenvalue weighted by molar-refractivity contribution is 5.57. The summed E-state index contributed by atoms with van der Waals surface area (Å²) >= 11 is 0. The van der Waals surface area contributed by atoms with Crippen LogP contribution < -0.4 is 5.32 Å². The first-order valence-corrected chi connectivity index (χ1v) is 6.59. The molecule has 18 heavy (non-hydrogen) atoms. The molecule has 0 amide bonds. The number of anilines is 1. The Morgan fingerprint density at radius 2 is 2.06 bits per heavy atom. The van der Waals surface area contributed by atoms with E-state index < -0.39 is 0 Å². The molecule has 4 rings (SSSR count). The van der Waals surface area contributed by atoms with Gasteiger partial charge in [0.05, 0.1) is 6.04 Å². The standard InChI is InChI=1S/C14H16N4/c1-9-16-17-14(18(9)11-6-7-11)13-8-10-4-2-3-5-12(10)15-13/h2-5,11,13,15H,6-8H2,1H3/t13-/m0/s1. The molecule has 1 fully saturated rings. The van der Waals surface area contributed by atoms with Crippen molar-refractivity contribution in [3.63, 3.8) is 0 Å². The molecule has 92 valence electrons. The van der Waals surface area contributed by atoms with Gasteiger partial charge in [0, 0.05) is 18.2 Å². The Labute approximate surface area is 106 Å². The second-order valence-corrected chi connectivity index (χ2v) is 5.26. The van der Waals surface area contributed by atoms with Crippen LogP contribution >= 0.6 is 0 Å². The maximum absolute atomic E-state index is 4.39. The van der Waals surface area contributed by atoms with E-state index >= 15 is 0 Å². The summed E-state index contributed by atoms with van der Waals surface area (Å²) in [6.45, 7) is 2.05. The van der Waals surface area contributed by atoms with Crippen LogP contribution in [0.2, 0.25) is 0 Å². The minimum absolute atomic E-state index is 0.282. The van der Waals surface area contributed by atoms with Gasteiger partial charge in [0.1, 0.15) is 5.82 Å². The van der Waals surface area contributed by atoms with Crippen molar-refractivity contribution in [1.29, 1.82) is 0 Å². The predicted octanol–water partition coefficient (Wildman–Crippen LogP) is 2.63. The number of fused-ring (bicyclic) bond motifs is 1. The van der Waals surface area contributed by atoms with Crippen molar-refractivity contribution in [1.82, 2.24) is 14.8 Å². The largest absolute Gasteiger partial charge is 0.375 e. The molecule has 1 aromatic heterocycles. The van der Waals surface area contributed by atoms with E-state index in [1.807, 2.05) is 0 Å². The van der Waals surface area contributed by atoms with E-state index in [1.54, 1.807) is 0 Å². The first kappa shape index (κ1) is 10.1. The van der Waals surface area contributed by atoms with Crippen LogP contribution in [0.1, 0.15) is 42.1 Å². The van der Waals surface area contributed by atoms with Gasteiger partial charge in [0.15, 0.2) is 5.82 Å². The van der Waals surface area contributed by atoms with Crippen LogP contribution in [0.15, 0.2) is 24.3 Å². The van der Waals surface area contributed by atoms with Crippen LogP contribution in [0.25, 0.3) is 0 Å². The molecule has 1 atom stereocenters. The number of hydrogen-bond acceptors (Lipinski definition) is 3. The lowest BCUT2D eigenvalue weighted by Crippen LogP contribution is -2.14. The van der Waals surface area contributed by atoms with E-state index in [4.69, 9.17) is 0 Å². The number of rotatable bonds is 2. The topological polar surface area (TPSA) is 42.7 Å². The minimum atomic E-state index is 0.282. The van der Waals surface area contributed by atoms with Crippen molar-refractivity contribution in [2.75, 3.05) is 5.32 Å². The highest BCUT2D eigenvalue weighted by Gasteiger charge is 2.33. The zero-order valence-electron chi connectivity index (χ0n) is 10.4. The fraction of sp³-hybridized carbons (Fsp3) is 0.429. The average molecular weight is 240 g/mol. The molecule has 4 nitrogen and oxygen atoms in total. The Morgan fingerprint density at radius 1 is 1.22 bits per heavy atom. The van der Waals surface area contributed by atoms with Gasteiger partial charge < -0.3 is 9.88 Å². The van der Waals surface area contributed by atoms with Crippen molar-refractivity contribution in [2.45, 2.75) is 38.3 Å². The number of nitrogens with one attached hydrogen (secondary N) is 1. The molecule has 2 aliphatic rings. The van der Waals surface area contributed by atoms with Crippen LogP contribution in [0.3, 0.4) is 0 Å². The van der Waals surface area contributed by atoms with Crippen molar-refractivity contribution >= 4 is 5.69 Å². The minimum Gasteiger partial charge on any atom is -0.375 e.